The molecule has 2 heterocycles. The number of nitrogens with zero attached hydrogens (tertiary/aromatic N) is 1. The summed E-state index contributed by atoms with van der Waals surface area (Å²) in [5.74, 6) is -0.608. The lowest BCUT2D eigenvalue weighted by molar-refractivity contribution is 0.103. The normalized spacial score (nSPS) is 10.4. The average Bonchev–Trinajstić information content (AvgIpc) is 3.14. The molecule has 0 fully saturated rings. The van der Waals surface area contributed by atoms with Gasteiger partial charge >= 0.3 is 0 Å². The number of nitrogens with one attached hydrogen (secondary N) is 1. The molecule has 6 heteroatoms. The molecule has 0 bridgehead atoms. The minimum Gasteiger partial charge on any atom is -0.312 e. The van der Waals surface area contributed by atoms with E-state index in [0.29, 0.717) is 25.9 Å². The van der Waals surface area contributed by atoms with Crippen LogP contribution in [0.2, 0.25) is 0 Å². The summed E-state index contributed by atoms with van der Waals surface area (Å²) in [6.07, 6.45) is 0. The summed E-state index contributed by atoms with van der Waals surface area (Å²) in [6.45, 7) is 3.78. The number of halogens is 1. The molecule has 0 saturated carbocycles. The van der Waals surface area contributed by atoms with Gasteiger partial charge in [0.1, 0.15) is 16.9 Å². The number of hydrogen-bond donors (Lipinski definition) is 1. The zero-order chi connectivity index (χ0) is 17.3. The number of benzene rings is 1. The van der Waals surface area contributed by atoms with Gasteiger partial charge in [0.05, 0.1) is 10.4 Å². The molecule has 0 saturated heterocycles. The number of carbonyl (C=O) groups is 1. The summed E-state index contributed by atoms with van der Waals surface area (Å²) >= 11 is 2.61. The molecule has 0 aliphatic heterocycles. The van der Waals surface area contributed by atoms with Crippen molar-refractivity contribution >= 4 is 33.6 Å². The Morgan fingerprint density at radius 3 is 2.62 bits per heavy atom. The predicted molar refractivity (Wildman–Crippen MR) is 96.2 cm³/mol. The van der Waals surface area contributed by atoms with E-state index in [0.717, 1.165) is 10.4 Å². The van der Waals surface area contributed by atoms with Crippen LogP contribution in [0.1, 0.15) is 25.7 Å². The second-order valence-corrected chi connectivity index (χ2v) is 7.51. The van der Waals surface area contributed by atoms with Crippen LogP contribution in [0, 0.1) is 31.0 Å². The number of carbonyl (C=O) groups excluding carboxylic acids is 1. The van der Waals surface area contributed by atoms with Crippen LogP contribution < -0.4 is 5.32 Å². The van der Waals surface area contributed by atoms with Crippen molar-refractivity contribution in [3.63, 3.8) is 0 Å². The maximum absolute atomic E-state index is 13.9. The van der Waals surface area contributed by atoms with E-state index in [1.807, 2.05) is 13.8 Å². The highest BCUT2D eigenvalue weighted by molar-refractivity contribution is 7.18. The first kappa shape index (κ1) is 16.4. The van der Waals surface area contributed by atoms with Gasteiger partial charge in [-0.3, -0.25) is 4.79 Å². The molecule has 1 amide bonds. The molecule has 0 aliphatic rings. The molecular formula is C18H13FN2OS2. The summed E-state index contributed by atoms with van der Waals surface area (Å²) in [4.78, 5) is 14.6. The molecule has 1 aromatic carbocycles. The van der Waals surface area contributed by atoms with Crippen LogP contribution in [-0.4, -0.2) is 5.91 Å². The predicted octanol–water partition coefficient (Wildman–Crippen LogP) is 5.36. The summed E-state index contributed by atoms with van der Waals surface area (Å²) in [7, 11) is 0. The molecule has 0 radical (unpaired) electrons. The molecule has 24 heavy (non-hydrogen) atoms. The molecule has 1 N–H and O–H groups in total. The molecule has 0 spiro atoms. The quantitative estimate of drug-likeness (QED) is 0.687. The van der Waals surface area contributed by atoms with E-state index in [2.05, 4.69) is 11.4 Å². The third-order valence-electron chi connectivity index (χ3n) is 3.69. The highest BCUT2D eigenvalue weighted by Crippen LogP contribution is 2.34. The van der Waals surface area contributed by atoms with Crippen LogP contribution in [0.3, 0.4) is 0 Å². The summed E-state index contributed by atoms with van der Waals surface area (Å²) < 4.78 is 13.9. The van der Waals surface area contributed by atoms with E-state index >= 15 is 0 Å². The molecule has 0 unspecified atom stereocenters. The van der Waals surface area contributed by atoms with Crippen molar-refractivity contribution in [2.75, 3.05) is 5.32 Å². The topological polar surface area (TPSA) is 52.9 Å². The number of rotatable bonds is 3. The smallest absolute Gasteiger partial charge is 0.266 e. The van der Waals surface area contributed by atoms with Gasteiger partial charge in [-0.25, -0.2) is 4.39 Å². The van der Waals surface area contributed by atoms with Gasteiger partial charge in [-0.05, 0) is 37.6 Å². The van der Waals surface area contributed by atoms with Crippen molar-refractivity contribution in [3.8, 4) is 16.5 Å². The van der Waals surface area contributed by atoms with Crippen molar-refractivity contribution < 1.29 is 9.18 Å². The van der Waals surface area contributed by atoms with Crippen LogP contribution in [0.15, 0.2) is 36.4 Å². The standard InChI is InChI=1S/C18H13FN2OS2/c1-10-11(2)23-18(13(10)9-20)21-17(22)16-8-7-15(24-16)12-5-3-4-6-14(12)19/h3-8H,1-2H3,(H,21,22). The first-order valence-electron chi connectivity index (χ1n) is 7.17. The lowest BCUT2D eigenvalue weighted by atomic mass is 10.2. The van der Waals surface area contributed by atoms with Gasteiger partial charge in [-0.1, -0.05) is 18.2 Å². The molecule has 3 rings (SSSR count). The first-order chi connectivity index (χ1) is 11.5. The minimum absolute atomic E-state index is 0.291. The van der Waals surface area contributed by atoms with Gasteiger partial charge in [0.2, 0.25) is 0 Å². The maximum atomic E-state index is 13.9. The number of hydrogen-bond acceptors (Lipinski definition) is 4. The van der Waals surface area contributed by atoms with Gasteiger partial charge in [-0.2, -0.15) is 5.26 Å². The zero-order valence-corrected chi connectivity index (χ0v) is 14.6. The van der Waals surface area contributed by atoms with E-state index in [1.54, 1.807) is 30.3 Å². The molecule has 3 aromatic rings. The van der Waals surface area contributed by atoms with Crippen LogP contribution in [0.25, 0.3) is 10.4 Å². The van der Waals surface area contributed by atoms with Crippen LogP contribution >= 0.6 is 22.7 Å². The monoisotopic (exact) mass is 356 g/mol. The van der Waals surface area contributed by atoms with Crippen LogP contribution in [0.4, 0.5) is 9.39 Å². The van der Waals surface area contributed by atoms with Gasteiger partial charge in [0.25, 0.3) is 5.91 Å². The Hall–Kier alpha value is -2.49. The minimum atomic E-state index is -0.317. The van der Waals surface area contributed by atoms with E-state index in [9.17, 15) is 14.4 Å². The van der Waals surface area contributed by atoms with Crippen molar-refractivity contribution in [2.24, 2.45) is 0 Å². The fourth-order valence-corrected chi connectivity index (χ4v) is 4.21. The van der Waals surface area contributed by atoms with E-state index in [4.69, 9.17) is 0 Å². The SMILES string of the molecule is Cc1sc(NC(=O)c2ccc(-c3ccccc3F)s2)c(C#N)c1C. The van der Waals surface area contributed by atoms with Gasteiger partial charge in [-0.15, -0.1) is 22.7 Å². The van der Waals surface area contributed by atoms with Crippen molar-refractivity contribution in [2.45, 2.75) is 13.8 Å². The number of aryl methyl sites for hydroxylation is 1. The Labute approximate surface area is 147 Å². The molecule has 0 aliphatic carbocycles. The van der Waals surface area contributed by atoms with Crippen molar-refractivity contribution in [1.29, 1.82) is 5.26 Å². The summed E-state index contributed by atoms with van der Waals surface area (Å²) in [6, 6.07) is 12.0. The molecular weight excluding hydrogens is 343 g/mol. The first-order valence-corrected chi connectivity index (χ1v) is 8.80. The van der Waals surface area contributed by atoms with E-state index in [1.165, 1.54) is 28.7 Å². The lowest BCUT2D eigenvalue weighted by Crippen LogP contribution is -2.09. The Balaban J connectivity index is 1.86. The van der Waals surface area contributed by atoms with Crippen molar-refractivity contribution in [1.82, 2.24) is 0 Å². The Bertz CT molecular complexity index is 966. The Kier molecular flexibility index (Phi) is 4.47. The third kappa shape index (κ3) is 2.96. The second-order valence-electron chi connectivity index (χ2n) is 5.20. The molecule has 0 atom stereocenters. The second kappa shape index (κ2) is 6.56. The van der Waals surface area contributed by atoms with Crippen LogP contribution in [0.5, 0.6) is 0 Å². The molecule has 120 valence electrons. The summed E-state index contributed by atoms with van der Waals surface area (Å²) in [5.41, 5.74) is 1.86. The Morgan fingerprint density at radius 2 is 1.92 bits per heavy atom. The van der Waals surface area contributed by atoms with Crippen molar-refractivity contribution in [3.05, 3.63) is 63.1 Å². The van der Waals surface area contributed by atoms with E-state index in [-0.39, 0.29) is 11.7 Å². The zero-order valence-electron chi connectivity index (χ0n) is 13.0. The number of nitriles is 1. The fourth-order valence-electron chi connectivity index (χ4n) is 2.28. The third-order valence-corrected chi connectivity index (χ3v) is 5.93. The summed E-state index contributed by atoms with van der Waals surface area (Å²) in [5, 5.41) is 12.6. The van der Waals surface area contributed by atoms with E-state index < -0.39 is 0 Å². The highest BCUT2D eigenvalue weighted by atomic mass is 32.1. The number of amides is 1. The Morgan fingerprint density at radius 1 is 1.17 bits per heavy atom. The molecule has 2 aromatic heterocycles. The molecule has 3 nitrogen and oxygen atoms in total. The van der Waals surface area contributed by atoms with Gasteiger partial charge in [0.15, 0.2) is 0 Å². The lowest BCUT2D eigenvalue weighted by Gasteiger charge is -2.01. The average molecular weight is 356 g/mol. The number of thiophene rings is 2. The highest BCUT2D eigenvalue weighted by Gasteiger charge is 2.17. The number of anilines is 1. The van der Waals surface area contributed by atoms with Gasteiger partial charge < -0.3 is 5.32 Å². The maximum Gasteiger partial charge on any atom is 0.266 e. The largest absolute Gasteiger partial charge is 0.312 e. The fraction of sp³-hybridized carbons (Fsp3) is 0.111. The van der Waals surface area contributed by atoms with Crippen LogP contribution in [-0.2, 0) is 0 Å². The van der Waals surface area contributed by atoms with Gasteiger partial charge in [0, 0.05) is 15.3 Å².